The van der Waals surface area contributed by atoms with Gasteiger partial charge in [0.1, 0.15) is 6.04 Å². The van der Waals surface area contributed by atoms with Gasteiger partial charge in [0, 0.05) is 69.1 Å². The molecule has 2 aromatic rings. The summed E-state index contributed by atoms with van der Waals surface area (Å²) in [7, 11) is 0. The summed E-state index contributed by atoms with van der Waals surface area (Å²) in [6.07, 6.45) is 4.94. The van der Waals surface area contributed by atoms with Crippen molar-refractivity contribution in [1.82, 2.24) is 23.9 Å². The molecule has 10 heteroatoms. The van der Waals surface area contributed by atoms with Crippen LogP contribution in [0, 0.1) is 5.92 Å². The van der Waals surface area contributed by atoms with Crippen molar-refractivity contribution in [2.75, 3.05) is 32.8 Å². The number of carbonyl (C=O) groups excluding carboxylic acids is 1. The first-order valence-electron chi connectivity index (χ1n) is 11.9. The summed E-state index contributed by atoms with van der Waals surface area (Å²) in [6.45, 7) is 8.93. The van der Waals surface area contributed by atoms with E-state index in [1.54, 1.807) is 10.6 Å². The average molecular weight is 472 g/mol. The molecule has 5 rings (SSSR count). The number of piperidine rings is 1. The zero-order valence-corrected chi connectivity index (χ0v) is 19.7. The molecule has 0 saturated carbocycles. The van der Waals surface area contributed by atoms with Gasteiger partial charge in [-0.3, -0.25) is 23.9 Å². The maximum absolute atomic E-state index is 13.7. The highest BCUT2D eigenvalue weighted by molar-refractivity contribution is 5.81. The van der Waals surface area contributed by atoms with Crippen LogP contribution in [-0.2, 0) is 27.4 Å². The third-order valence-electron chi connectivity index (χ3n) is 6.97. The number of pyridine rings is 1. The fourth-order valence-electron chi connectivity index (χ4n) is 5.57. The zero-order chi connectivity index (χ0) is 24.2. The SMILES string of the molecule is CCn1cnc(CN2C[C@H]3C[C@@H](C2)[C@H](C(=O)N2CCO[C@@H](C)C2)n2c3cccc2=O)c1.O=CO. The van der Waals surface area contributed by atoms with Crippen LogP contribution in [0.15, 0.2) is 35.5 Å². The second-order valence-electron chi connectivity index (χ2n) is 9.26. The second-order valence-corrected chi connectivity index (χ2v) is 9.26. The van der Waals surface area contributed by atoms with Gasteiger partial charge in [-0.25, -0.2) is 4.98 Å². The van der Waals surface area contributed by atoms with E-state index in [9.17, 15) is 9.59 Å². The summed E-state index contributed by atoms with van der Waals surface area (Å²) in [4.78, 5) is 43.8. The van der Waals surface area contributed by atoms with Crippen molar-refractivity contribution in [1.29, 1.82) is 0 Å². The van der Waals surface area contributed by atoms with Gasteiger partial charge in [-0.05, 0) is 26.3 Å². The predicted molar refractivity (Wildman–Crippen MR) is 124 cm³/mol. The molecule has 4 atom stereocenters. The Morgan fingerprint density at radius 1 is 1.29 bits per heavy atom. The van der Waals surface area contributed by atoms with E-state index in [0.29, 0.717) is 19.7 Å². The molecule has 1 N–H and O–H groups in total. The van der Waals surface area contributed by atoms with E-state index in [1.165, 1.54) is 0 Å². The summed E-state index contributed by atoms with van der Waals surface area (Å²) in [5, 5.41) is 6.89. The lowest BCUT2D eigenvalue weighted by atomic mass is 9.78. The number of aromatic nitrogens is 3. The van der Waals surface area contributed by atoms with Gasteiger partial charge in [0.05, 0.1) is 24.7 Å². The summed E-state index contributed by atoms with van der Waals surface area (Å²) >= 11 is 0. The number of carboxylic acid groups (broad SMARTS) is 1. The largest absolute Gasteiger partial charge is 0.483 e. The number of amides is 1. The molecule has 3 aliphatic heterocycles. The lowest BCUT2D eigenvalue weighted by Gasteiger charge is -2.47. The van der Waals surface area contributed by atoms with Gasteiger partial charge in [-0.2, -0.15) is 0 Å². The van der Waals surface area contributed by atoms with E-state index in [4.69, 9.17) is 14.6 Å². The van der Waals surface area contributed by atoms with Crippen LogP contribution in [0.4, 0.5) is 0 Å². The topological polar surface area (TPSA) is 110 Å². The number of ether oxygens (including phenoxy) is 1. The normalized spacial score (nSPS) is 26.2. The summed E-state index contributed by atoms with van der Waals surface area (Å²) in [5.41, 5.74) is 1.98. The molecule has 2 aromatic heterocycles. The van der Waals surface area contributed by atoms with Gasteiger partial charge in [0.15, 0.2) is 0 Å². The van der Waals surface area contributed by atoms with Gasteiger partial charge >= 0.3 is 0 Å². The van der Waals surface area contributed by atoms with Crippen molar-refractivity contribution >= 4 is 12.4 Å². The molecule has 34 heavy (non-hydrogen) atoms. The third-order valence-corrected chi connectivity index (χ3v) is 6.97. The van der Waals surface area contributed by atoms with Crippen molar-refractivity contribution in [3.63, 3.8) is 0 Å². The standard InChI is InChI=1S/C23H31N5O3.CH2O2/c1-3-25-13-19(24-15-25)14-26-11-17-9-18(12-26)22(28-20(17)5-4-6-21(28)29)23(30)27-7-8-31-16(2)10-27;2-1-3/h4-6,13,15-18,22H,3,7-12,14H2,1-2H3;1H,(H,2,3)/t16-,17+,18-,22+;/m0./s1. The zero-order valence-electron chi connectivity index (χ0n) is 19.7. The average Bonchev–Trinajstić information content (AvgIpc) is 3.27. The molecule has 1 amide bonds. The van der Waals surface area contributed by atoms with Crippen LogP contribution >= 0.6 is 0 Å². The Hall–Kier alpha value is -2.98. The van der Waals surface area contributed by atoms with Gasteiger partial charge in [-0.15, -0.1) is 0 Å². The molecule has 2 fully saturated rings. The van der Waals surface area contributed by atoms with Crippen LogP contribution in [0.2, 0.25) is 0 Å². The van der Waals surface area contributed by atoms with Crippen molar-refractivity contribution in [3.8, 4) is 0 Å². The Kier molecular flexibility index (Phi) is 7.47. The molecule has 3 aliphatic rings. The Morgan fingerprint density at radius 3 is 2.79 bits per heavy atom. The minimum Gasteiger partial charge on any atom is -0.483 e. The number of nitrogens with zero attached hydrogens (tertiary/aromatic N) is 5. The number of morpholine rings is 1. The first-order chi connectivity index (χ1) is 16.4. The summed E-state index contributed by atoms with van der Waals surface area (Å²) in [6, 6.07) is 5.00. The number of rotatable bonds is 4. The monoisotopic (exact) mass is 471 g/mol. The number of aryl methyl sites for hydroxylation is 1. The molecular weight excluding hydrogens is 438 g/mol. The number of hydrogen-bond acceptors (Lipinski definition) is 6. The number of hydrogen-bond donors (Lipinski definition) is 1. The predicted octanol–water partition coefficient (Wildman–Crippen LogP) is 1.17. The first-order valence-corrected chi connectivity index (χ1v) is 11.9. The van der Waals surface area contributed by atoms with E-state index >= 15 is 0 Å². The number of imidazole rings is 1. The van der Waals surface area contributed by atoms with Crippen molar-refractivity contribution < 1.29 is 19.4 Å². The smallest absolute Gasteiger partial charge is 0.290 e. The fourth-order valence-corrected chi connectivity index (χ4v) is 5.57. The quantitative estimate of drug-likeness (QED) is 0.667. The highest BCUT2D eigenvalue weighted by Gasteiger charge is 2.45. The van der Waals surface area contributed by atoms with Crippen LogP contribution in [0.3, 0.4) is 0 Å². The molecular formula is C24H33N5O5. The van der Waals surface area contributed by atoms with E-state index in [1.807, 2.05) is 30.3 Å². The van der Waals surface area contributed by atoms with Crippen molar-refractivity contribution in [3.05, 3.63) is 52.5 Å². The lowest BCUT2D eigenvalue weighted by molar-refractivity contribution is -0.145. The molecule has 0 radical (unpaired) electrons. The maximum atomic E-state index is 13.7. The molecule has 10 nitrogen and oxygen atoms in total. The van der Waals surface area contributed by atoms with E-state index in [2.05, 4.69) is 27.6 Å². The Morgan fingerprint density at radius 2 is 2.09 bits per heavy atom. The van der Waals surface area contributed by atoms with E-state index in [-0.39, 0.29) is 35.9 Å². The molecule has 0 spiro atoms. The van der Waals surface area contributed by atoms with Crippen molar-refractivity contribution in [2.45, 2.75) is 51.4 Å². The Balaban J connectivity index is 0.000000868. The molecule has 2 saturated heterocycles. The number of likely N-dealkylation sites (tertiary alicyclic amines) is 1. The van der Waals surface area contributed by atoms with E-state index in [0.717, 1.165) is 44.0 Å². The first kappa shape index (κ1) is 24.2. The highest BCUT2D eigenvalue weighted by atomic mass is 16.5. The van der Waals surface area contributed by atoms with Crippen LogP contribution in [-0.4, -0.2) is 80.3 Å². The van der Waals surface area contributed by atoms with E-state index < -0.39 is 6.04 Å². The Labute approximate surface area is 198 Å². The summed E-state index contributed by atoms with van der Waals surface area (Å²) in [5.74, 6) is 0.434. The van der Waals surface area contributed by atoms with Crippen LogP contribution < -0.4 is 5.56 Å². The third kappa shape index (κ3) is 4.92. The lowest BCUT2D eigenvalue weighted by Crippen LogP contribution is -2.55. The van der Waals surface area contributed by atoms with Gasteiger partial charge in [-0.1, -0.05) is 6.07 Å². The van der Waals surface area contributed by atoms with Gasteiger partial charge in [0.25, 0.3) is 12.0 Å². The minimum atomic E-state index is -0.443. The molecule has 0 aliphatic carbocycles. The maximum Gasteiger partial charge on any atom is 0.290 e. The molecule has 0 aromatic carbocycles. The van der Waals surface area contributed by atoms with Crippen LogP contribution in [0.25, 0.3) is 0 Å². The van der Waals surface area contributed by atoms with Crippen LogP contribution in [0.1, 0.15) is 43.6 Å². The molecule has 5 heterocycles. The molecule has 0 unspecified atom stereocenters. The fraction of sp³-hybridized carbons (Fsp3) is 0.583. The van der Waals surface area contributed by atoms with Crippen molar-refractivity contribution in [2.24, 2.45) is 5.92 Å². The minimum absolute atomic E-state index is 0.0255. The number of carbonyl (C=O) groups is 2. The molecule has 2 bridgehead atoms. The van der Waals surface area contributed by atoms with Gasteiger partial charge in [0.2, 0.25) is 5.91 Å². The highest BCUT2D eigenvalue weighted by Crippen LogP contribution is 2.42. The van der Waals surface area contributed by atoms with Gasteiger partial charge < -0.3 is 19.3 Å². The number of fused-ring (bicyclic) bond motifs is 4. The summed E-state index contributed by atoms with van der Waals surface area (Å²) < 4.78 is 9.52. The second kappa shape index (κ2) is 10.5. The van der Waals surface area contributed by atoms with Crippen LogP contribution in [0.5, 0.6) is 0 Å². The Bertz CT molecular complexity index is 1070. The molecule has 184 valence electrons.